The molecule has 1 fully saturated rings. The van der Waals surface area contributed by atoms with Crippen LogP contribution < -0.4 is 0 Å². The predicted molar refractivity (Wildman–Crippen MR) is 97.0 cm³/mol. The molecule has 1 amide bonds. The lowest BCUT2D eigenvalue weighted by Crippen LogP contribution is -2.36. The lowest BCUT2D eigenvalue weighted by atomic mass is 10.2. The van der Waals surface area contributed by atoms with Crippen molar-refractivity contribution in [2.75, 3.05) is 20.1 Å². The van der Waals surface area contributed by atoms with Gasteiger partial charge >= 0.3 is 0 Å². The quantitative estimate of drug-likeness (QED) is 0.795. The third kappa shape index (κ3) is 3.56. The Kier molecular flexibility index (Phi) is 5.39. The molecule has 1 saturated heterocycles. The summed E-state index contributed by atoms with van der Waals surface area (Å²) in [5.74, 6) is -0.244. The van der Waals surface area contributed by atoms with Crippen molar-refractivity contribution >= 4 is 38.6 Å². The largest absolute Gasteiger partial charge is 0.337 e. The zero-order valence-corrected chi connectivity index (χ0v) is 15.9. The highest BCUT2D eigenvalue weighted by Crippen LogP contribution is 2.28. The summed E-state index contributed by atoms with van der Waals surface area (Å²) in [6.45, 7) is 1.55. The SMILES string of the molecule is CN(Cc1ccsc1)C(=O)c1sccc1S(=O)(=O)N1CCCCC1. The number of carbonyl (C=O) groups is 1. The van der Waals surface area contributed by atoms with Gasteiger partial charge < -0.3 is 4.90 Å². The Labute approximate surface area is 150 Å². The molecule has 5 nitrogen and oxygen atoms in total. The van der Waals surface area contributed by atoms with Gasteiger partial charge in [-0.15, -0.1) is 11.3 Å². The molecule has 2 aromatic heterocycles. The van der Waals surface area contributed by atoms with E-state index < -0.39 is 10.0 Å². The molecule has 1 aliphatic heterocycles. The van der Waals surface area contributed by atoms with Gasteiger partial charge in [-0.3, -0.25) is 4.79 Å². The molecule has 1 aliphatic rings. The Balaban J connectivity index is 1.82. The molecule has 0 aliphatic carbocycles. The minimum atomic E-state index is -3.59. The number of piperidine rings is 1. The predicted octanol–water partition coefficient (Wildman–Crippen LogP) is 3.26. The number of thiophene rings is 2. The van der Waals surface area contributed by atoms with Crippen molar-refractivity contribution in [1.29, 1.82) is 0 Å². The summed E-state index contributed by atoms with van der Waals surface area (Å²) in [6.07, 6.45) is 2.82. The van der Waals surface area contributed by atoms with E-state index in [-0.39, 0.29) is 10.8 Å². The van der Waals surface area contributed by atoms with Crippen molar-refractivity contribution in [3.05, 3.63) is 38.7 Å². The number of carbonyl (C=O) groups excluding carboxylic acids is 1. The highest BCUT2D eigenvalue weighted by atomic mass is 32.2. The summed E-state index contributed by atoms with van der Waals surface area (Å²) < 4.78 is 27.3. The number of amides is 1. The molecule has 3 rings (SSSR count). The molecule has 2 aromatic rings. The van der Waals surface area contributed by atoms with E-state index in [1.807, 2.05) is 16.8 Å². The first-order chi connectivity index (χ1) is 11.5. The van der Waals surface area contributed by atoms with E-state index in [1.54, 1.807) is 34.7 Å². The zero-order chi connectivity index (χ0) is 17.2. The fourth-order valence-electron chi connectivity index (χ4n) is 2.80. The van der Waals surface area contributed by atoms with Crippen LogP contribution in [0.4, 0.5) is 0 Å². The molecule has 130 valence electrons. The van der Waals surface area contributed by atoms with E-state index in [9.17, 15) is 13.2 Å². The maximum atomic E-state index is 12.9. The Morgan fingerprint density at radius 3 is 2.62 bits per heavy atom. The smallest absolute Gasteiger partial charge is 0.265 e. The fourth-order valence-corrected chi connectivity index (χ4v) is 6.37. The van der Waals surface area contributed by atoms with Gasteiger partial charge in [0.05, 0.1) is 0 Å². The van der Waals surface area contributed by atoms with Crippen LogP contribution in [0.25, 0.3) is 0 Å². The van der Waals surface area contributed by atoms with Gasteiger partial charge in [-0.1, -0.05) is 6.42 Å². The average molecular weight is 385 g/mol. The number of rotatable bonds is 5. The molecule has 0 radical (unpaired) electrons. The molecule has 0 spiro atoms. The Morgan fingerprint density at radius 1 is 1.21 bits per heavy atom. The second kappa shape index (κ2) is 7.35. The highest BCUT2D eigenvalue weighted by molar-refractivity contribution is 7.89. The molecule has 0 saturated carbocycles. The van der Waals surface area contributed by atoms with Crippen LogP contribution in [0.3, 0.4) is 0 Å². The van der Waals surface area contributed by atoms with Crippen molar-refractivity contribution in [3.8, 4) is 0 Å². The molecule has 0 aromatic carbocycles. The third-order valence-electron chi connectivity index (χ3n) is 4.10. The van der Waals surface area contributed by atoms with Gasteiger partial charge in [0.25, 0.3) is 5.91 Å². The van der Waals surface area contributed by atoms with Crippen LogP contribution in [-0.4, -0.2) is 43.7 Å². The van der Waals surface area contributed by atoms with E-state index in [0.29, 0.717) is 24.5 Å². The van der Waals surface area contributed by atoms with Crippen molar-refractivity contribution in [2.24, 2.45) is 0 Å². The zero-order valence-electron chi connectivity index (χ0n) is 13.5. The molecular weight excluding hydrogens is 364 g/mol. The second-order valence-corrected chi connectivity index (χ2v) is 9.47. The van der Waals surface area contributed by atoms with Crippen molar-refractivity contribution in [1.82, 2.24) is 9.21 Å². The van der Waals surface area contributed by atoms with Crippen LogP contribution in [0.2, 0.25) is 0 Å². The summed E-state index contributed by atoms with van der Waals surface area (Å²) in [5, 5.41) is 5.64. The highest BCUT2D eigenvalue weighted by Gasteiger charge is 2.31. The second-order valence-electron chi connectivity index (χ2n) is 5.87. The van der Waals surface area contributed by atoms with Crippen LogP contribution in [0.5, 0.6) is 0 Å². The van der Waals surface area contributed by atoms with Crippen LogP contribution in [0.1, 0.15) is 34.5 Å². The van der Waals surface area contributed by atoms with E-state index >= 15 is 0 Å². The molecule has 8 heteroatoms. The molecule has 0 N–H and O–H groups in total. The van der Waals surface area contributed by atoms with E-state index in [1.165, 1.54) is 15.6 Å². The lowest BCUT2D eigenvalue weighted by molar-refractivity contribution is 0.0786. The number of hydrogen-bond donors (Lipinski definition) is 0. The van der Waals surface area contributed by atoms with Crippen LogP contribution in [0.15, 0.2) is 33.2 Å². The van der Waals surface area contributed by atoms with E-state index in [4.69, 9.17) is 0 Å². The summed E-state index contributed by atoms with van der Waals surface area (Å²) in [7, 11) is -1.89. The van der Waals surface area contributed by atoms with Gasteiger partial charge in [0.2, 0.25) is 10.0 Å². The third-order valence-corrected chi connectivity index (χ3v) is 7.81. The van der Waals surface area contributed by atoms with Gasteiger partial charge in [-0.25, -0.2) is 8.42 Å². The van der Waals surface area contributed by atoms with Crippen LogP contribution >= 0.6 is 22.7 Å². The maximum Gasteiger partial charge on any atom is 0.265 e. The number of nitrogens with zero attached hydrogens (tertiary/aromatic N) is 2. The topological polar surface area (TPSA) is 57.7 Å². The van der Waals surface area contributed by atoms with Crippen LogP contribution in [-0.2, 0) is 16.6 Å². The maximum absolute atomic E-state index is 12.9. The molecular formula is C16H20N2O3S3. The van der Waals surface area contributed by atoms with Crippen LogP contribution in [0, 0.1) is 0 Å². The molecule has 0 atom stereocenters. The molecule has 0 unspecified atom stereocenters. The van der Waals surface area contributed by atoms with Gasteiger partial charge in [0.1, 0.15) is 9.77 Å². The summed E-state index contributed by atoms with van der Waals surface area (Å²) in [4.78, 5) is 14.8. The Morgan fingerprint density at radius 2 is 1.96 bits per heavy atom. The normalized spacial score (nSPS) is 16.2. The molecule has 3 heterocycles. The van der Waals surface area contributed by atoms with Gasteiger partial charge in [0.15, 0.2) is 0 Å². The standard InChI is InChI=1S/C16H20N2O3S3/c1-17(11-13-5-9-22-12-13)16(19)15-14(6-10-23-15)24(20,21)18-7-3-2-4-8-18/h5-6,9-10,12H,2-4,7-8,11H2,1H3. The average Bonchev–Trinajstić information content (AvgIpc) is 3.26. The Bertz CT molecular complexity index is 790. The van der Waals surface area contributed by atoms with E-state index in [0.717, 1.165) is 24.8 Å². The first-order valence-corrected chi connectivity index (χ1v) is 11.1. The molecule has 24 heavy (non-hydrogen) atoms. The van der Waals surface area contributed by atoms with Crippen molar-refractivity contribution in [3.63, 3.8) is 0 Å². The lowest BCUT2D eigenvalue weighted by Gasteiger charge is -2.26. The van der Waals surface area contributed by atoms with Crippen molar-refractivity contribution < 1.29 is 13.2 Å². The Hall–Kier alpha value is -1.22. The monoisotopic (exact) mass is 384 g/mol. The summed E-state index contributed by atoms with van der Waals surface area (Å²) in [5.41, 5.74) is 1.05. The molecule has 0 bridgehead atoms. The summed E-state index contributed by atoms with van der Waals surface area (Å²) >= 11 is 2.77. The van der Waals surface area contributed by atoms with E-state index in [2.05, 4.69) is 0 Å². The van der Waals surface area contributed by atoms with Gasteiger partial charge in [-0.2, -0.15) is 15.6 Å². The minimum absolute atomic E-state index is 0.150. The number of hydrogen-bond acceptors (Lipinski definition) is 5. The first-order valence-electron chi connectivity index (χ1n) is 7.84. The summed E-state index contributed by atoms with van der Waals surface area (Å²) in [6, 6.07) is 3.52. The first kappa shape index (κ1) is 17.6. The fraction of sp³-hybridized carbons (Fsp3) is 0.438. The number of sulfonamides is 1. The minimum Gasteiger partial charge on any atom is -0.337 e. The van der Waals surface area contributed by atoms with Gasteiger partial charge in [-0.05, 0) is 46.7 Å². The van der Waals surface area contributed by atoms with Gasteiger partial charge in [0, 0.05) is 26.7 Å². The van der Waals surface area contributed by atoms with Crippen molar-refractivity contribution in [2.45, 2.75) is 30.7 Å².